The fraction of sp³-hybridized carbons (Fsp3) is 0.429. The number of aromatic nitrogens is 4. The lowest BCUT2D eigenvalue weighted by Gasteiger charge is -2.32. The van der Waals surface area contributed by atoms with Crippen molar-refractivity contribution in [3.05, 3.63) is 36.4 Å². The van der Waals surface area contributed by atoms with Gasteiger partial charge in [-0.3, -0.25) is 4.98 Å². The van der Waals surface area contributed by atoms with Gasteiger partial charge in [-0.05, 0) is 19.2 Å². The number of nitrogens with one attached hydrogen (secondary N) is 1. The minimum Gasteiger partial charge on any atom is -0.332 e. The summed E-state index contributed by atoms with van der Waals surface area (Å²) >= 11 is 0. The third-order valence-corrected chi connectivity index (χ3v) is 3.66. The number of amides is 2. The van der Waals surface area contributed by atoms with Crippen LogP contribution in [0.5, 0.6) is 0 Å². The Kier molecular flexibility index (Phi) is 4.29. The molecule has 0 radical (unpaired) electrons. The van der Waals surface area contributed by atoms with Crippen molar-refractivity contribution < 1.29 is 4.79 Å². The van der Waals surface area contributed by atoms with Crippen LogP contribution in [0.25, 0.3) is 5.69 Å². The quantitative estimate of drug-likeness (QED) is 0.871. The van der Waals surface area contributed by atoms with E-state index in [-0.39, 0.29) is 6.03 Å². The zero-order chi connectivity index (χ0) is 15.4. The van der Waals surface area contributed by atoms with E-state index in [9.17, 15) is 4.79 Å². The molecule has 2 amide bonds. The molecule has 3 rings (SSSR count). The van der Waals surface area contributed by atoms with Gasteiger partial charge in [-0.25, -0.2) is 9.48 Å². The number of piperazine rings is 1. The van der Waals surface area contributed by atoms with E-state index in [0.29, 0.717) is 12.2 Å². The number of carbonyl (C=O) groups excluding carboxylic acids is 1. The van der Waals surface area contributed by atoms with Gasteiger partial charge in [0.1, 0.15) is 5.69 Å². The number of pyridine rings is 1. The van der Waals surface area contributed by atoms with E-state index in [1.54, 1.807) is 23.3 Å². The predicted molar refractivity (Wildman–Crippen MR) is 80.5 cm³/mol. The average Bonchev–Trinajstić information content (AvgIpc) is 3.03. The molecule has 1 fully saturated rings. The second kappa shape index (κ2) is 6.52. The summed E-state index contributed by atoms with van der Waals surface area (Å²) in [6.07, 6.45) is 5.21. The molecule has 3 heterocycles. The molecule has 0 atom stereocenters. The van der Waals surface area contributed by atoms with Crippen LogP contribution in [0, 0.1) is 0 Å². The van der Waals surface area contributed by atoms with E-state index < -0.39 is 0 Å². The van der Waals surface area contributed by atoms with Gasteiger partial charge in [0.15, 0.2) is 0 Å². The van der Waals surface area contributed by atoms with Gasteiger partial charge in [-0.2, -0.15) is 0 Å². The minimum absolute atomic E-state index is 0.0518. The third-order valence-electron chi connectivity index (χ3n) is 3.66. The van der Waals surface area contributed by atoms with Crippen molar-refractivity contribution in [3.63, 3.8) is 0 Å². The van der Waals surface area contributed by atoms with Crippen LogP contribution >= 0.6 is 0 Å². The molecule has 0 aliphatic carbocycles. The number of likely N-dealkylation sites (N-methyl/N-ethyl adjacent to an activating group) is 1. The smallest absolute Gasteiger partial charge is 0.317 e. The first-order valence-electron chi connectivity index (χ1n) is 7.25. The highest BCUT2D eigenvalue weighted by Crippen LogP contribution is 2.04. The van der Waals surface area contributed by atoms with Crippen LogP contribution in [0.2, 0.25) is 0 Å². The second-order valence-electron chi connectivity index (χ2n) is 5.31. The maximum atomic E-state index is 12.1. The predicted octanol–water partition coefficient (Wildman–Crippen LogP) is 0.119. The SMILES string of the molecule is CN1CCN(C(=O)NCc2cn(-c3cccnc3)nn2)CC1. The van der Waals surface area contributed by atoms with E-state index in [1.165, 1.54) is 0 Å². The van der Waals surface area contributed by atoms with Crippen LogP contribution in [0.4, 0.5) is 4.79 Å². The van der Waals surface area contributed by atoms with Crippen molar-refractivity contribution >= 4 is 6.03 Å². The van der Waals surface area contributed by atoms with E-state index in [1.807, 2.05) is 17.0 Å². The van der Waals surface area contributed by atoms with Gasteiger partial charge in [-0.1, -0.05) is 5.21 Å². The lowest BCUT2D eigenvalue weighted by molar-refractivity contribution is 0.154. The van der Waals surface area contributed by atoms with Gasteiger partial charge in [0, 0.05) is 32.4 Å². The monoisotopic (exact) mass is 301 g/mol. The fourth-order valence-corrected chi connectivity index (χ4v) is 2.28. The summed E-state index contributed by atoms with van der Waals surface area (Å²) in [6, 6.07) is 3.68. The van der Waals surface area contributed by atoms with Crippen LogP contribution in [0.15, 0.2) is 30.7 Å². The largest absolute Gasteiger partial charge is 0.332 e. The second-order valence-corrected chi connectivity index (χ2v) is 5.31. The van der Waals surface area contributed by atoms with Crippen LogP contribution in [0.1, 0.15) is 5.69 Å². The number of hydrogen-bond donors (Lipinski definition) is 1. The maximum absolute atomic E-state index is 12.1. The molecule has 2 aromatic rings. The molecule has 0 saturated carbocycles. The van der Waals surface area contributed by atoms with Crippen LogP contribution in [-0.2, 0) is 6.54 Å². The number of nitrogens with zero attached hydrogens (tertiary/aromatic N) is 6. The molecule has 1 aliphatic rings. The molecule has 1 saturated heterocycles. The van der Waals surface area contributed by atoms with Crippen molar-refractivity contribution in [2.24, 2.45) is 0 Å². The molecular weight excluding hydrogens is 282 g/mol. The van der Waals surface area contributed by atoms with Gasteiger partial charge in [0.2, 0.25) is 0 Å². The molecule has 0 bridgehead atoms. The Morgan fingerprint density at radius 2 is 2.14 bits per heavy atom. The molecule has 1 N–H and O–H groups in total. The zero-order valence-electron chi connectivity index (χ0n) is 12.5. The fourth-order valence-electron chi connectivity index (χ4n) is 2.28. The van der Waals surface area contributed by atoms with Gasteiger partial charge in [0.05, 0.1) is 24.6 Å². The van der Waals surface area contributed by atoms with Crippen LogP contribution in [-0.4, -0.2) is 69.0 Å². The molecular formula is C14H19N7O. The standard InChI is InChI=1S/C14H19N7O/c1-19-5-7-20(8-6-19)14(22)16-9-12-11-21(18-17-12)13-3-2-4-15-10-13/h2-4,10-11H,5-9H2,1H3,(H,16,22). The van der Waals surface area contributed by atoms with Crippen molar-refractivity contribution in [1.29, 1.82) is 0 Å². The first-order chi connectivity index (χ1) is 10.7. The van der Waals surface area contributed by atoms with Gasteiger partial charge in [-0.15, -0.1) is 5.10 Å². The van der Waals surface area contributed by atoms with Crippen LogP contribution < -0.4 is 5.32 Å². The number of rotatable bonds is 3. The summed E-state index contributed by atoms with van der Waals surface area (Å²) in [5, 5.41) is 11.0. The van der Waals surface area contributed by atoms with Crippen LogP contribution in [0.3, 0.4) is 0 Å². The Hall–Kier alpha value is -2.48. The lowest BCUT2D eigenvalue weighted by Crippen LogP contribution is -2.50. The highest BCUT2D eigenvalue weighted by atomic mass is 16.2. The summed E-state index contributed by atoms with van der Waals surface area (Å²) in [5.41, 5.74) is 1.55. The van der Waals surface area contributed by atoms with Crippen molar-refractivity contribution in [3.8, 4) is 5.69 Å². The van der Waals surface area contributed by atoms with E-state index in [0.717, 1.165) is 31.9 Å². The summed E-state index contributed by atoms with van der Waals surface area (Å²) < 4.78 is 1.64. The van der Waals surface area contributed by atoms with Crippen molar-refractivity contribution in [2.45, 2.75) is 6.54 Å². The average molecular weight is 301 g/mol. The molecule has 0 spiro atoms. The Bertz CT molecular complexity index is 619. The van der Waals surface area contributed by atoms with E-state index in [2.05, 4.69) is 32.6 Å². The summed E-state index contributed by atoms with van der Waals surface area (Å²) in [7, 11) is 2.06. The lowest BCUT2D eigenvalue weighted by atomic mass is 10.3. The molecule has 1 aliphatic heterocycles. The number of urea groups is 1. The maximum Gasteiger partial charge on any atom is 0.317 e. The highest BCUT2D eigenvalue weighted by Gasteiger charge is 2.18. The normalized spacial score (nSPS) is 15.8. The Balaban J connectivity index is 1.54. The van der Waals surface area contributed by atoms with Gasteiger partial charge < -0.3 is 15.1 Å². The summed E-state index contributed by atoms with van der Waals surface area (Å²) in [4.78, 5) is 20.2. The molecule has 0 aromatic carbocycles. The van der Waals surface area contributed by atoms with Crippen molar-refractivity contribution in [1.82, 2.24) is 35.1 Å². The van der Waals surface area contributed by atoms with E-state index in [4.69, 9.17) is 0 Å². The summed E-state index contributed by atoms with van der Waals surface area (Å²) in [5.74, 6) is 0. The Labute approximate surface area is 128 Å². The first-order valence-corrected chi connectivity index (χ1v) is 7.25. The molecule has 22 heavy (non-hydrogen) atoms. The molecule has 8 heteroatoms. The Morgan fingerprint density at radius 3 is 2.86 bits per heavy atom. The minimum atomic E-state index is -0.0518. The molecule has 0 unspecified atom stereocenters. The Morgan fingerprint density at radius 1 is 1.32 bits per heavy atom. The summed E-state index contributed by atoms with van der Waals surface area (Å²) in [6.45, 7) is 3.69. The first kappa shape index (κ1) is 14.5. The molecule has 116 valence electrons. The number of hydrogen-bond acceptors (Lipinski definition) is 5. The van der Waals surface area contributed by atoms with Gasteiger partial charge in [0.25, 0.3) is 0 Å². The van der Waals surface area contributed by atoms with E-state index >= 15 is 0 Å². The number of carbonyl (C=O) groups is 1. The third kappa shape index (κ3) is 3.40. The topological polar surface area (TPSA) is 79.2 Å². The highest BCUT2D eigenvalue weighted by molar-refractivity contribution is 5.74. The molecule has 8 nitrogen and oxygen atoms in total. The van der Waals surface area contributed by atoms with Crippen molar-refractivity contribution in [2.75, 3.05) is 33.2 Å². The van der Waals surface area contributed by atoms with Gasteiger partial charge >= 0.3 is 6.03 Å². The zero-order valence-corrected chi connectivity index (χ0v) is 12.5. The molecule has 2 aromatic heterocycles.